The zero-order valence-corrected chi connectivity index (χ0v) is 12.5. The molecule has 0 fully saturated rings. The maximum absolute atomic E-state index is 14.4. The van der Waals surface area contributed by atoms with Crippen LogP contribution >= 0.6 is 0 Å². The minimum atomic E-state index is -0.527. The Morgan fingerprint density at radius 3 is 2.52 bits per heavy atom. The lowest BCUT2D eigenvalue weighted by Crippen LogP contribution is -2.09. The Morgan fingerprint density at radius 2 is 1.87 bits per heavy atom. The molecule has 4 nitrogen and oxygen atoms in total. The average molecular weight is 310 g/mol. The second-order valence-electron chi connectivity index (χ2n) is 5.16. The van der Waals surface area contributed by atoms with Gasteiger partial charge in [-0.2, -0.15) is 0 Å². The van der Waals surface area contributed by atoms with Crippen molar-refractivity contribution in [1.29, 1.82) is 0 Å². The third-order valence-corrected chi connectivity index (χ3v) is 3.82. The molecule has 1 amide bonds. The molecule has 5 heteroatoms. The van der Waals surface area contributed by atoms with Crippen molar-refractivity contribution < 1.29 is 9.18 Å². The highest BCUT2D eigenvalue weighted by Crippen LogP contribution is 2.26. The van der Waals surface area contributed by atoms with Crippen LogP contribution in [0.5, 0.6) is 0 Å². The molecule has 0 bridgehead atoms. The molecule has 23 heavy (non-hydrogen) atoms. The fourth-order valence-corrected chi connectivity index (χ4v) is 2.65. The normalized spacial score (nSPS) is 10.7. The molecule has 3 rings (SSSR count). The molecule has 1 heterocycles. The van der Waals surface area contributed by atoms with E-state index in [-0.39, 0.29) is 10.8 Å². The van der Waals surface area contributed by atoms with Crippen LogP contribution in [0.1, 0.15) is 6.92 Å². The second kappa shape index (κ2) is 6.04. The molecule has 0 aliphatic carbocycles. The summed E-state index contributed by atoms with van der Waals surface area (Å²) in [6, 6.07) is 11.6. The highest BCUT2D eigenvalue weighted by atomic mass is 19.1. The van der Waals surface area contributed by atoms with Crippen molar-refractivity contribution >= 4 is 23.0 Å². The van der Waals surface area contributed by atoms with Gasteiger partial charge in [0.25, 0.3) is 0 Å². The van der Waals surface area contributed by atoms with Gasteiger partial charge in [0.15, 0.2) is 5.43 Å². The molecule has 0 unspecified atom stereocenters. The summed E-state index contributed by atoms with van der Waals surface area (Å²) in [7, 11) is 0. The predicted octanol–water partition coefficient (Wildman–Crippen LogP) is 3.40. The summed E-state index contributed by atoms with van der Waals surface area (Å²) in [5, 5.41) is 2.66. The summed E-state index contributed by atoms with van der Waals surface area (Å²) < 4.78 is 16.3. The van der Waals surface area contributed by atoms with Gasteiger partial charge in [0.1, 0.15) is 5.82 Å². The summed E-state index contributed by atoms with van der Waals surface area (Å²) >= 11 is 0. The van der Waals surface area contributed by atoms with Crippen molar-refractivity contribution in [2.75, 3.05) is 5.32 Å². The van der Waals surface area contributed by atoms with E-state index in [1.807, 2.05) is 17.6 Å². The van der Waals surface area contributed by atoms with Crippen molar-refractivity contribution in [3.63, 3.8) is 0 Å². The van der Waals surface area contributed by atoms with Gasteiger partial charge in [-0.3, -0.25) is 9.59 Å². The van der Waals surface area contributed by atoms with Crippen molar-refractivity contribution in [1.82, 2.24) is 4.57 Å². The number of amides is 1. The third kappa shape index (κ3) is 2.73. The van der Waals surface area contributed by atoms with Gasteiger partial charge in [0, 0.05) is 24.5 Å². The van der Waals surface area contributed by atoms with Gasteiger partial charge >= 0.3 is 0 Å². The van der Waals surface area contributed by atoms with Crippen molar-refractivity contribution in [2.45, 2.75) is 13.5 Å². The SMILES string of the molecule is CCn1ccc(=O)c2c(F)cc(-c3ccc(NC=O)cc3)cc21. The number of benzene rings is 2. The van der Waals surface area contributed by atoms with Crippen molar-refractivity contribution in [3.8, 4) is 11.1 Å². The Morgan fingerprint density at radius 1 is 1.13 bits per heavy atom. The summed E-state index contributed by atoms with van der Waals surface area (Å²) in [5.41, 5.74) is 2.40. The molecule has 0 saturated carbocycles. The molecule has 116 valence electrons. The van der Waals surface area contributed by atoms with E-state index >= 15 is 0 Å². The summed E-state index contributed by atoms with van der Waals surface area (Å²) in [4.78, 5) is 22.4. The number of rotatable bonds is 4. The standard InChI is InChI=1S/C18H15FN2O2/c1-2-21-8-7-17(23)18-15(19)9-13(10-16(18)21)12-3-5-14(6-4-12)20-11-22/h3-11H,2H2,1H3,(H,20,22). The van der Waals surface area contributed by atoms with Crippen molar-refractivity contribution in [3.05, 3.63) is 64.7 Å². The van der Waals surface area contributed by atoms with E-state index < -0.39 is 5.82 Å². The Hall–Kier alpha value is -2.95. The number of carbonyl (C=O) groups excluding carboxylic acids is 1. The molecule has 2 aromatic carbocycles. The number of hydrogen-bond donors (Lipinski definition) is 1. The minimum absolute atomic E-state index is 0.109. The molecule has 3 aromatic rings. The predicted molar refractivity (Wildman–Crippen MR) is 89.0 cm³/mol. The van der Waals surface area contributed by atoms with Gasteiger partial charge in [0.2, 0.25) is 6.41 Å². The summed E-state index contributed by atoms with van der Waals surface area (Å²) in [6.07, 6.45) is 2.27. The summed E-state index contributed by atoms with van der Waals surface area (Å²) in [6.45, 7) is 2.58. The highest BCUT2D eigenvalue weighted by Gasteiger charge is 2.11. The number of aryl methyl sites for hydroxylation is 1. The lowest BCUT2D eigenvalue weighted by atomic mass is 10.0. The number of anilines is 1. The van der Waals surface area contributed by atoms with Gasteiger partial charge in [-0.1, -0.05) is 12.1 Å². The number of hydrogen-bond acceptors (Lipinski definition) is 2. The van der Waals surface area contributed by atoms with Crippen LogP contribution in [-0.2, 0) is 11.3 Å². The van der Waals surface area contributed by atoms with Gasteiger partial charge in [-0.25, -0.2) is 4.39 Å². The van der Waals surface area contributed by atoms with Crippen LogP contribution in [0.25, 0.3) is 22.0 Å². The number of pyridine rings is 1. The maximum Gasteiger partial charge on any atom is 0.211 e. The zero-order valence-electron chi connectivity index (χ0n) is 12.5. The molecular weight excluding hydrogens is 295 g/mol. The van der Waals surface area contributed by atoms with E-state index in [4.69, 9.17) is 0 Å². The van der Waals surface area contributed by atoms with E-state index in [0.29, 0.717) is 29.7 Å². The molecule has 0 radical (unpaired) electrons. The first kappa shape index (κ1) is 15.0. The smallest absolute Gasteiger partial charge is 0.211 e. The lowest BCUT2D eigenvalue weighted by Gasteiger charge is -2.11. The number of fused-ring (bicyclic) bond motifs is 1. The molecule has 0 aliphatic heterocycles. The maximum atomic E-state index is 14.4. The van der Waals surface area contributed by atoms with E-state index in [9.17, 15) is 14.0 Å². The average Bonchev–Trinajstić information content (AvgIpc) is 2.56. The molecular formula is C18H15FN2O2. The van der Waals surface area contributed by atoms with Crippen LogP contribution in [-0.4, -0.2) is 11.0 Å². The number of aromatic nitrogens is 1. The Labute approximate surface area is 132 Å². The van der Waals surface area contributed by atoms with Crippen LogP contribution in [0.2, 0.25) is 0 Å². The summed E-state index contributed by atoms with van der Waals surface area (Å²) in [5.74, 6) is -0.527. The minimum Gasteiger partial charge on any atom is -0.347 e. The van der Waals surface area contributed by atoms with Crippen molar-refractivity contribution in [2.24, 2.45) is 0 Å². The Balaban J connectivity index is 2.19. The topological polar surface area (TPSA) is 51.1 Å². The van der Waals surface area contributed by atoms with Crippen LogP contribution in [0, 0.1) is 5.82 Å². The van der Waals surface area contributed by atoms with Crippen LogP contribution in [0.4, 0.5) is 10.1 Å². The van der Waals surface area contributed by atoms with Crippen LogP contribution in [0.15, 0.2) is 53.5 Å². The molecule has 0 aliphatic rings. The number of halogens is 1. The molecule has 0 spiro atoms. The van der Waals surface area contributed by atoms with E-state index in [1.54, 1.807) is 30.5 Å². The molecule has 1 N–H and O–H groups in total. The monoisotopic (exact) mass is 310 g/mol. The van der Waals surface area contributed by atoms with Gasteiger partial charge in [-0.05, 0) is 42.3 Å². The lowest BCUT2D eigenvalue weighted by molar-refractivity contribution is -0.105. The van der Waals surface area contributed by atoms with Gasteiger partial charge < -0.3 is 9.88 Å². The molecule has 1 aromatic heterocycles. The first-order valence-electron chi connectivity index (χ1n) is 7.27. The zero-order chi connectivity index (χ0) is 16.4. The number of nitrogens with zero attached hydrogens (tertiary/aromatic N) is 1. The number of nitrogens with one attached hydrogen (secondary N) is 1. The first-order chi connectivity index (χ1) is 11.1. The van der Waals surface area contributed by atoms with E-state index in [0.717, 1.165) is 5.56 Å². The first-order valence-corrected chi connectivity index (χ1v) is 7.27. The second-order valence-corrected chi connectivity index (χ2v) is 5.16. The van der Waals surface area contributed by atoms with Gasteiger partial charge in [-0.15, -0.1) is 0 Å². The highest BCUT2D eigenvalue weighted by molar-refractivity contribution is 5.85. The van der Waals surface area contributed by atoms with Crippen LogP contribution < -0.4 is 10.7 Å². The van der Waals surface area contributed by atoms with Gasteiger partial charge in [0.05, 0.1) is 10.9 Å². The quantitative estimate of drug-likeness (QED) is 0.751. The fraction of sp³-hybridized carbons (Fsp3) is 0.111. The Kier molecular flexibility index (Phi) is 3.93. The van der Waals surface area contributed by atoms with Crippen LogP contribution in [0.3, 0.4) is 0 Å². The Bertz CT molecular complexity index is 930. The molecule has 0 saturated heterocycles. The largest absolute Gasteiger partial charge is 0.347 e. The third-order valence-electron chi connectivity index (χ3n) is 3.82. The van der Waals surface area contributed by atoms with E-state index in [2.05, 4.69) is 5.32 Å². The molecule has 0 atom stereocenters. The number of carbonyl (C=O) groups is 1. The van der Waals surface area contributed by atoms with E-state index in [1.165, 1.54) is 12.1 Å². The fourth-order valence-electron chi connectivity index (χ4n) is 2.65.